The number of ether oxygens (including phenoxy) is 1. The van der Waals surface area contributed by atoms with Gasteiger partial charge in [0.05, 0.1) is 6.33 Å². The van der Waals surface area contributed by atoms with Crippen molar-refractivity contribution >= 4 is 5.91 Å². The molecular weight excluding hydrogens is 322 g/mol. The van der Waals surface area contributed by atoms with Gasteiger partial charge >= 0.3 is 0 Å². The first-order valence-electron chi connectivity index (χ1n) is 7.90. The molecular formula is C16H19N7O2. The van der Waals surface area contributed by atoms with E-state index in [2.05, 4.69) is 25.8 Å². The van der Waals surface area contributed by atoms with Crippen molar-refractivity contribution in [1.82, 2.24) is 35.1 Å². The number of nitrogens with one attached hydrogen (secondary N) is 1. The Morgan fingerprint density at radius 3 is 2.80 bits per heavy atom. The first kappa shape index (κ1) is 16.6. The number of aromatic nitrogens is 6. The molecule has 3 rings (SSSR count). The van der Waals surface area contributed by atoms with E-state index < -0.39 is 0 Å². The topological polar surface area (TPSA) is 99.8 Å². The summed E-state index contributed by atoms with van der Waals surface area (Å²) in [6, 6.07) is 6.97. The number of rotatable bonds is 8. The van der Waals surface area contributed by atoms with Crippen LogP contribution in [0.3, 0.4) is 0 Å². The highest BCUT2D eigenvalue weighted by Gasteiger charge is 2.06. The molecule has 1 N–H and O–H groups in total. The summed E-state index contributed by atoms with van der Waals surface area (Å²) >= 11 is 0. The Balaban J connectivity index is 1.43. The van der Waals surface area contributed by atoms with E-state index >= 15 is 0 Å². The Bertz CT molecular complexity index is 796. The van der Waals surface area contributed by atoms with Crippen LogP contribution < -0.4 is 10.1 Å². The first-order chi connectivity index (χ1) is 12.2. The predicted molar refractivity (Wildman–Crippen MR) is 88.7 cm³/mol. The van der Waals surface area contributed by atoms with E-state index in [9.17, 15) is 4.79 Å². The Morgan fingerprint density at radius 1 is 1.28 bits per heavy atom. The van der Waals surface area contributed by atoms with Crippen LogP contribution >= 0.6 is 0 Å². The summed E-state index contributed by atoms with van der Waals surface area (Å²) in [4.78, 5) is 16.1. The molecule has 9 heteroatoms. The highest BCUT2D eigenvalue weighted by atomic mass is 16.5. The van der Waals surface area contributed by atoms with Gasteiger partial charge in [-0.3, -0.25) is 4.79 Å². The fourth-order valence-corrected chi connectivity index (χ4v) is 2.21. The molecule has 0 spiro atoms. The third kappa shape index (κ3) is 4.63. The van der Waals surface area contributed by atoms with Crippen molar-refractivity contribution in [3.8, 4) is 5.75 Å². The molecule has 0 fully saturated rings. The molecule has 25 heavy (non-hydrogen) atoms. The minimum Gasteiger partial charge on any atom is -0.486 e. The van der Waals surface area contributed by atoms with Crippen molar-refractivity contribution in [1.29, 1.82) is 0 Å². The molecule has 1 amide bonds. The number of carbonyl (C=O) groups is 1. The van der Waals surface area contributed by atoms with E-state index in [1.54, 1.807) is 48.5 Å². The molecule has 9 nitrogen and oxygen atoms in total. The number of benzene rings is 1. The van der Waals surface area contributed by atoms with E-state index in [0.29, 0.717) is 23.7 Å². The summed E-state index contributed by atoms with van der Waals surface area (Å²) in [7, 11) is 1.75. The standard InChI is InChI=1S/C16H19N7O2/c1-22-15(19-20-21-22)11-25-14-5-3-13(4-6-14)16(24)18-7-2-9-23-10-8-17-12-23/h3-6,8,10,12H,2,7,9,11H2,1H3,(H,18,24). The molecule has 0 saturated carbocycles. The Kier molecular flexibility index (Phi) is 5.35. The van der Waals surface area contributed by atoms with E-state index in [4.69, 9.17) is 4.74 Å². The normalized spacial score (nSPS) is 10.6. The summed E-state index contributed by atoms with van der Waals surface area (Å²) in [5.74, 6) is 1.18. The average molecular weight is 341 g/mol. The summed E-state index contributed by atoms with van der Waals surface area (Å²) in [6.45, 7) is 1.70. The zero-order chi connectivity index (χ0) is 17.5. The average Bonchev–Trinajstić information content (AvgIpc) is 3.29. The summed E-state index contributed by atoms with van der Waals surface area (Å²) < 4.78 is 9.13. The van der Waals surface area contributed by atoms with Crippen molar-refractivity contribution in [3.05, 3.63) is 54.4 Å². The molecule has 130 valence electrons. The van der Waals surface area contributed by atoms with E-state index in [1.807, 2.05) is 10.8 Å². The minimum absolute atomic E-state index is 0.102. The van der Waals surface area contributed by atoms with E-state index in [1.165, 1.54) is 0 Å². The molecule has 0 unspecified atom stereocenters. The summed E-state index contributed by atoms with van der Waals surface area (Å²) in [5.41, 5.74) is 0.593. The van der Waals surface area contributed by atoms with Gasteiger partial charge in [0.15, 0.2) is 5.82 Å². The van der Waals surface area contributed by atoms with Gasteiger partial charge in [0, 0.05) is 38.1 Å². The number of carbonyl (C=O) groups excluding carboxylic acids is 1. The van der Waals surface area contributed by atoms with Crippen molar-refractivity contribution < 1.29 is 9.53 Å². The highest BCUT2D eigenvalue weighted by Crippen LogP contribution is 2.13. The van der Waals surface area contributed by atoms with Crippen LogP contribution in [-0.2, 0) is 20.2 Å². The molecule has 0 saturated heterocycles. The van der Waals surface area contributed by atoms with Crippen molar-refractivity contribution in [2.24, 2.45) is 7.05 Å². The van der Waals surface area contributed by atoms with Crippen LogP contribution in [0.4, 0.5) is 0 Å². The lowest BCUT2D eigenvalue weighted by atomic mass is 10.2. The smallest absolute Gasteiger partial charge is 0.251 e. The highest BCUT2D eigenvalue weighted by molar-refractivity contribution is 5.94. The molecule has 2 aromatic heterocycles. The number of amides is 1. The molecule has 0 aliphatic rings. The maximum atomic E-state index is 12.1. The molecule has 2 heterocycles. The molecule has 0 aliphatic heterocycles. The molecule has 3 aromatic rings. The van der Waals surface area contributed by atoms with Crippen molar-refractivity contribution in [2.75, 3.05) is 6.54 Å². The van der Waals surface area contributed by atoms with Gasteiger partial charge in [-0.15, -0.1) is 5.10 Å². The van der Waals surface area contributed by atoms with Gasteiger partial charge in [-0.05, 0) is 41.1 Å². The number of tetrazole rings is 1. The summed E-state index contributed by atoms with van der Waals surface area (Å²) in [5, 5.41) is 14.0. The van der Waals surface area contributed by atoms with Gasteiger partial charge in [0.1, 0.15) is 12.4 Å². The number of aryl methyl sites for hydroxylation is 2. The Hall–Kier alpha value is -3.23. The van der Waals surface area contributed by atoms with Crippen molar-refractivity contribution in [3.63, 3.8) is 0 Å². The van der Waals surface area contributed by atoms with Gasteiger partial charge in [0.25, 0.3) is 5.91 Å². The maximum Gasteiger partial charge on any atom is 0.251 e. The zero-order valence-corrected chi connectivity index (χ0v) is 13.9. The monoisotopic (exact) mass is 341 g/mol. The molecule has 0 atom stereocenters. The predicted octanol–water partition coefficient (Wildman–Crippen LogP) is 0.806. The van der Waals surface area contributed by atoms with Crippen LogP contribution in [-0.4, -0.2) is 42.2 Å². The van der Waals surface area contributed by atoms with Gasteiger partial charge in [-0.2, -0.15) is 0 Å². The van der Waals surface area contributed by atoms with Crippen molar-refractivity contribution in [2.45, 2.75) is 19.6 Å². The van der Waals surface area contributed by atoms with Gasteiger partial charge in [-0.25, -0.2) is 9.67 Å². The van der Waals surface area contributed by atoms with E-state index in [0.717, 1.165) is 13.0 Å². The second-order valence-corrected chi connectivity index (χ2v) is 5.44. The molecule has 0 radical (unpaired) electrons. The lowest BCUT2D eigenvalue weighted by molar-refractivity contribution is 0.0952. The molecule has 0 bridgehead atoms. The fourth-order valence-electron chi connectivity index (χ4n) is 2.21. The number of nitrogens with zero attached hydrogens (tertiary/aromatic N) is 6. The van der Waals surface area contributed by atoms with Gasteiger partial charge in [-0.1, -0.05) is 0 Å². The van der Waals surface area contributed by atoms with Crippen LogP contribution in [0.25, 0.3) is 0 Å². The van der Waals surface area contributed by atoms with Crippen LogP contribution in [0, 0.1) is 0 Å². The van der Waals surface area contributed by atoms with Crippen LogP contribution in [0.5, 0.6) is 5.75 Å². The summed E-state index contributed by atoms with van der Waals surface area (Å²) in [6.07, 6.45) is 6.24. The molecule has 1 aromatic carbocycles. The zero-order valence-electron chi connectivity index (χ0n) is 13.9. The second kappa shape index (κ2) is 8.04. The number of hydrogen-bond donors (Lipinski definition) is 1. The third-order valence-corrected chi connectivity index (χ3v) is 3.63. The quantitative estimate of drug-likeness (QED) is 0.609. The Morgan fingerprint density at radius 2 is 2.12 bits per heavy atom. The number of hydrogen-bond acceptors (Lipinski definition) is 6. The minimum atomic E-state index is -0.102. The lowest BCUT2D eigenvalue weighted by Gasteiger charge is -2.08. The lowest BCUT2D eigenvalue weighted by Crippen LogP contribution is -2.25. The Labute approximate surface area is 144 Å². The van der Waals surface area contributed by atoms with Gasteiger partial charge in [0.2, 0.25) is 0 Å². The largest absolute Gasteiger partial charge is 0.486 e. The third-order valence-electron chi connectivity index (χ3n) is 3.63. The number of imidazole rings is 1. The van der Waals surface area contributed by atoms with Crippen LogP contribution in [0.1, 0.15) is 22.6 Å². The maximum absolute atomic E-state index is 12.1. The SMILES string of the molecule is Cn1nnnc1COc1ccc(C(=O)NCCCn2ccnc2)cc1. The molecule has 0 aliphatic carbocycles. The first-order valence-corrected chi connectivity index (χ1v) is 7.90. The van der Waals surface area contributed by atoms with Gasteiger partial charge < -0.3 is 14.6 Å². The second-order valence-electron chi connectivity index (χ2n) is 5.44. The van der Waals surface area contributed by atoms with Crippen LogP contribution in [0.2, 0.25) is 0 Å². The fraction of sp³-hybridized carbons (Fsp3) is 0.312. The van der Waals surface area contributed by atoms with Crippen LogP contribution in [0.15, 0.2) is 43.0 Å². The van der Waals surface area contributed by atoms with E-state index in [-0.39, 0.29) is 12.5 Å².